The quantitative estimate of drug-likeness (QED) is 0.794. The van der Waals surface area contributed by atoms with Gasteiger partial charge in [0, 0.05) is 10.6 Å². The van der Waals surface area contributed by atoms with Crippen molar-refractivity contribution in [3.63, 3.8) is 0 Å². The molecule has 2 heterocycles. The Bertz CT molecular complexity index is 712. The number of aryl methyl sites for hydroxylation is 1. The Morgan fingerprint density at radius 3 is 2.72 bits per heavy atom. The molecule has 2 atom stereocenters. The van der Waals surface area contributed by atoms with E-state index in [0.29, 0.717) is 5.02 Å². The summed E-state index contributed by atoms with van der Waals surface area (Å²) in [5.74, 6) is 0.0862. The molecule has 0 bridgehead atoms. The minimum atomic E-state index is -0.0647. The number of carbonyl (C=O) groups is 1. The van der Waals surface area contributed by atoms with Crippen LogP contribution in [-0.2, 0) is 4.79 Å². The maximum atomic E-state index is 12.4. The van der Waals surface area contributed by atoms with Gasteiger partial charge in [-0.3, -0.25) is 4.79 Å². The van der Waals surface area contributed by atoms with Gasteiger partial charge in [-0.25, -0.2) is 4.98 Å². The smallest absolute Gasteiger partial charge is 0.237 e. The maximum Gasteiger partial charge on any atom is 0.237 e. The van der Waals surface area contributed by atoms with E-state index in [0.717, 1.165) is 46.9 Å². The van der Waals surface area contributed by atoms with E-state index in [4.69, 9.17) is 11.6 Å². The molecule has 136 valence electrons. The Morgan fingerprint density at radius 2 is 2.08 bits per heavy atom. The summed E-state index contributed by atoms with van der Waals surface area (Å²) in [7, 11) is 0. The van der Waals surface area contributed by atoms with Gasteiger partial charge in [0.25, 0.3) is 0 Å². The van der Waals surface area contributed by atoms with Gasteiger partial charge in [0.2, 0.25) is 5.91 Å². The van der Waals surface area contributed by atoms with Crippen LogP contribution in [0.3, 0.4) is 0 Å². The molecular weight excluding hydrogens is 377 g/mol. The monoisotopic (exact) mass is 399 g/mol. The summed E-state index contributed by atoms with van der Waals surface area (Å²) in [6.45, 7) is 4.94. The van der Waals surface area contributed by atoms with E-state index in [9.17, 15) is 4.79 Å². The first-order valence-corrected chi connectivity index (χ1v) is 9.51. The average molecular weight is 400 g/mol. The predicted octanol–water partition coefficient (Wildman–Crippen LogP) is 4.51. The van der Waals surface area contributed by atoms with Crippen molar-refractivity contribution in [2.45, 2.75) is 45.2 Å². The zero-order chi connectivity index (χ0) is 17.1. The van der Waals surface area contributed by atoms with Crippen LogP contribution in [0.4, 0.5) is 0 Å². The molecule has 1 aliphatic heterocycles. The van der Waals surface area contributed by atoms with Crippen LogP contribution in [0.15, 0.2) is 24.3 Å². The maximum absolute atomic E-state index is 12.4. The second-order valence-corrected chi connectivity index (χ2v) is 7.68. The lowest BCUT2D eigenvalue weighted by Gasteiger charge is -2.24. The number of amides is 1. The van der Waals surface area contributed by atoms with Crippen LogP contribution >= 0.6 is 35.3 Å². The normalized spacial score (nSPS) is 18.3. The van der Waals surface area contributed by atoms with Crippen molar-refractivity contribution in [3.05, 3.63) is 39.9 Å². The Morgan fingerprint density at radius 1 is 1.36 bits per heavy atom. The van der Waals surface area contributed by atoms with Crippen LogP contribution in [0.1, 0.15) is 42.8 Å². The van der Waals surface area contributed by atoms with E-state index < -0.39 is 0 Å². The van der Waals surface area contributed by atoms with E-state index in [1.165, 1.54) is 0 Å². The van der Waals surface area contributed by atoms with Crippen LogP contribution in [-0.4, -0.2) is 23.5 Å². The van der Waals surface area contributed by atoms with Gasteiger partial charge in [-0.2, -0.15) is 0 Å². The first-order chi connectivity index (χ1) is 11.5. The second-order valence-electron chi connectivity index (χ2n) is 6.21. The summed E-state index contributed by atoms with van der Waals surface area (Å²) in [6.07, 6.45) is 3.17. The molecule has 4 nitrogen and oxygen atoms in total. The summed E-state index contributed by atoms with van der Waals surface area (Å²) in [6, 6.07) is 7.57. The van der Waals surface area contributed by atoms with Crippen LogP contribution < -0.4 is 10.6 Å². The number of halogens is 2. The Kier molecular flexibility index (Phi) is 7.25. The van der Waals surface area contributed by atoms with Gasteiger partial charge in [0.05, 0.1) is 22.7 Å². The summed E-state index contributed by atoms with van der Waals surface area (Å²) < 4.78 is 0. The van der Waals surface area contributed by atoms with E-state index in [1.54, 1.807) is 11.3 Å². The molecule has 1 aromatic heterocycles. The summed E-state index contributed by atoms with van der Waals surface area (Å²) in [5.41, 5.74) is 2.01. The number of piperidine rings is 1. The van der Waals surface area contributed by atoms with Crippen LogP contribution in [0.5, 0.6) is 0 Å². The predicted molar refractivity (Wildman–Crippen MR) is 107 cm³/mol. The molecule has 0 aliphatic carbocycles. The lowest BCUT2D eigenvalue weighted by molar-refractivity contribution is -0.124. The fraction of sp³-hybridized carbons (Fsp3) is 0.444. The zero-order valence-corrected chi connectivity index (χ0v) is 16.7. The topological polar surface area (TPSA) is 54.0 Å². The van der Waals surface area contributed by atoms with Gasteiger partial charge < -0.3 is 10.6 Å². The van der Waals surface area contributed by atoms with Crippen molar-refractivity contribution < 1.29 is 4.79 Å². The summed E-state index contributed by atoms with van der Waals surface area (Å²) in [4.78, 5) is 18.2. The average Bonchev–Trinajstić information content (AvgIpc) is 2.98. The number of thiazole rings is 1. The molecule has 2 N–H and O–H groups in total. The SMILES string of the molecule is Cc1nc(-c2ccc(Cl)cc2)sc1C(C)NC(=O)C1CCCCN1.Cl. The van der Waals surface area contributed by atoms with E-state index in [-0.39, 0.29) is 30.4 Å². The van der Waals surface area contributed by atoms with E-state index in [2.05, 4.69) is 15.6 Å². The lowest BCUT2D eigenvalue weighted by atomic mass is 10.0. The molecular formula is C18H23Cl2N3OS. The second kappa shape index (κ2) is 8.99. The molecule has 2 aromatic rings. The molecule has 1 saturated heterocycles. The molecule has 3 rings (SSSR count). The Hall–Kier alpha value is -1.14. The molecule has 0 spiro atoms. The van der Waals surface area contributed by atoms with Crippen LogP contribution in [0, 0.1) is 6.92 Å². The molecule has 0 saturated carbocycles. The van der Waals surface area contributed by atoms with Crippen molar-refractivity contribution >= 4 is 41.3 Å². The molecule has 25 heavy (non-hydrogen) atoms. The molecule has 1 fully saturated rings. The Labute approximate surface area is 163 Å². The highest BCUT2D eigenvalue weighted by Crippen LogP contribution is 2.32. The van der Waals surface area contributed by atoms with Crippen LogP contribution in [0.25, 0.3) is 10.6 Å². The van der Waals surface area contributed by atoms with Gasteiger partial charge in [0.1, 0.15) is 5.01 Å². The number of benzene rings is 1. The molecule has 0 radical (unpaired) electrons. The number of rotatable bonds is 4. The van der Waals surface area contributed by atoms with E-state index in [1.807, 2.05) is 38.1 Å². The van der Waals surface area contributed by atoms with Crippen molar-refractivity contribution in [1.29, 1.82) is 0 Å². The fourth-order valence-electron chi connectivity index (χ4n) is 2.98. The highest BCUT2D eigenvalue weighted by atomic mass is 35.5. The van der Waals surface area contributed by atoms with Crippen molar-refractivity contribution in [3.8, 4) is 10.6 Å². The lowest BCUT2D eigenvalue weighted by Crippen LogP contribution is -2.47. The van der Waals surface area contributed by atoms with Crippen molar-refractivity contribution in [1.82, 2.24) is 15.6 Å². The first kappa shape index (κ1) is 20.2. The third-order valence-electron chi connectivity index (χ3n) is 4.30. The summed E-state index contributed by atoms with van der Waals surface area (Å²) in [5, 5.41) is 8.09. The number of carbonyl (C=O) groups excluding carboxylic acids is 1. The minimum Gasteiger partial charge on any atom is -0.347 e. The van der Waals surface area contributed by atoms with Gasteiger partial charge in [-0.15, -0.1) is 23.7 Å². The molecule has 1 amide bonds. The van der Waals surface area contributed by atoms with E-state index >= 15 is 0 Å². The number of nitrogens with zero attached hydrogens (tertiary/aromatic N) is 1. The van der Waals surface area contributed by atoms with Gasteiger partial charge in [-0.1, -0.05) is 30.2 Å². The molecule has 1 aromatic carbocycles. The fourth-order valence-corrected chi connectivity index (χ4v) is 4.18. The first-order valence-electron chi connectivity index (χ1n) is 8.31. The highest BCUT2D eigenvalue weighted by Gasteiger charge is 2.23. The Balaban J connectivity index is 0.00000225. The van der Waals surface area contributed by atoms with Crippen molar-refractivity contribution in [2.24, 2.45) is 0 Å². The number of aromatic nitrogens is 1. The highest BCUT2D eigenvalue weighted by molar-refractivity contribution is 7.15. The number of nitrogens with one attached hydrogen (secondary N) is 2. The van der Waals surface area contributed by atoms with Crippen molar-refractivity contribution in [2.75, 3.05) is 6.54 Å². The third kappa shape index (κ3) is 4.94. The molecule has 1 aliphatic rings. The third-order valence-corrected chi connectivity index (χ3v) is 5.94. The number of hydrogen-bond donors (Lipinski definition) is 2. The van der Waals surface area contributed by atoms with Gasteiger partial charge in [0.15, 0.2) is 0 Å². The standard InChI is InChI=1S/C18H22ClN3OS.ClH/c1-11(21-17(23)15-5-3-4-10-20-15)16-12(2)22-18(24-16)13-6-8-14(19)9-7-13;/h6-9,11,15,20H,3-5,10H2,1-2H3,(H,21,23);1H. The largest absolute Gasteiger partial charge is 0.347 e. The minimum absolute atomic E-state index is 0. The summed E-state index contributed by atoms with van der Waals surface area (Å²) >= 11 is 7.57. The molecule has 7 heteroatoms. The number of hydrogen-bond acceptors (Lipinski definition) is 4. The molecule has 2 unspecified atom stereocenters. The van der Waals surface area contributed by atoms with Gasteiger partial charge in [-0.05, 0) is 45.4 Å². The zero-order valence-electron chi connectivity index (χ0n) is 14.3. The van der Waals surface area contributed by atoms with Gasteiger partial charge >= 0.3 is 0 Å². The van der Waals surface area contributed by atoms with Crippen LogP contribution in [0.2, 0.25) is 5.02 Å².